The molecule has 0 fully saturated rings. The molecule has 18 heavy (non-hydrogen) atoms. The van der Waals surface area contributed by atoms with Gasteiger partial charge in [0.05, 0.1) is 20.6 Å². The van der Waals surface area contributed by atoms with Crippen LogP contribution >= 0.6 is 11.6 Å². The number of rotatable bonds is 5. The van der Waals surface area contributed by atoms with E-state index in [-0.39, 0.29) is 17.8 Å². The Morgan fingerprint density at radius 1 is 1.33 bits per heavy atom. The Morgan fingerprint density at radius 3 is 2.56 bits per heavy atom. The fraction of sp³-hybridized carbons (Fsp3) is 0.500. The van der Waals surface area contributed by atoms with E-state index in [4.69, 9.17) is 16.3 Å². The molecule has 1 rings (SSSR count). The Hall–Kier alpha value is -1.22. The van der Waals surface area contributed by atoms with Crippen molar-refractivity contribution >= 4 is 17.6 Å². The van der Waals surface area contributed by atoms with E-state index < -0.39 is 0 Å². The van der Waals surface area contributed by atoms with E-state index in [0.29, 0.717) is 6.42 Å². The van der Waals surface area contributed by atoms with Gasteiger partial charge in [-0.15, -0.1) is 11.6 Å². The van der Waals surface area contributed by atoms with Crippen molar-refractivity contribution in [3.63, 3.8) is 0 Å². The van der Waals surface area contributed by atoms with Gasteiger partial charge >= 0.3 is 5.97 Å². The first-order valence-electron chi connectivity index (χ1n) is 5.83. The third kappa shape index (κ3) is 3.91. The van der Waals surface area contributed by atoms with Crippen LogP contribution in [0.3, 0.4) is 0 Å². The molecule has 0 spiro atoms. The molecule has 0 radical (unpaired) electrons. The molecule has 0 aliphatic rings. The molecule has 0 saturated heterocycles. The number of hydrogen-bond donors (Lipinski definition) is 0. The van der Waals surface area contributed by atoms with E-state index >= 15 is 0 Å². The summed E-state index contributed by atoms with van der Waals surface area (Å²) in [6, 6.07) is 4.10. The minimum absolute atomic E-state index is 0.203. The largest absolute Gasteiger partial charge is 0.496 e. The van der Waals surface area contributed by atoms with E-state index in [1.165, 1.54) is 7.11 Å². The minimum Gasteiger partial charge on any atom is -0.496 e. The van der Waals surface area contributed by atoms with Gasteiger partial charge in [-0.2, -0.15) is 0 Å². The molecule has 1 atom stereocenters. The highest BCUT2D eigenvalue weighted by Gasteiger charge is 2.16. The number of ether oxygens (including phenoxy) is 2. The molecule has 1 aromatic rings. The van der Waals surface area contributed by atoms with E-state index in [9.17, 15) is 4.79 Å². The van der Waals surface area contributed by atoms with Crippen LogP contribution in [0.15, 0.2) is 12.1 Å². The number of esters is 1. The van der Waals surface area contributed by atoms with Crippen molar-refractivity contribution in [2.45, 2.75) is 32.1 Å². The van der Waals surface area contributed by atoms with E-state index in [2.05, 4.69) is 10.8 Å². The summed E-state index contributed by atoms with van der Waals surface area (Å²) in [5, 5.41) is -0.285. The third-order valence-corrected chi connectivity index (χ3v) is 3.07. The number of benzene rings is 1. The minimum atomic E-state index is -0.293. The Bertz CT molecular complexity index is 429. The topological polar surface area (TPSA) is 35.5 Å². The summed E-state index contributed by atoms with van der Waals surface area (Å²) in [6.45, 7) is 4.03. The first-order chi connectivity index (χ1) is 8.47. The first kappa shape index (κ1) is 14.8. The van der Waals surface area contributed by atoms with Crippen LogP contribution in [0.1, 0.15) is 23.1 Å². The highest BCUT2D eigenvalue weighted by atomic mass is 35.5. The molecule has 0 aromatic heterocycles. The second-order valence-electron chi connectivity index (χ2n) is 4.36. The molecule has 3 nitrogen and oxygen atoms in total. The summed E-state index contributed by atoms with van der Waals surface area (Å²) in [5.74, 6) is 0.550. The van der Waals surface area contributed by atoms with E-state index in [0.717, 1.165) is 22.4 Å². The lowest BCUT2D eigenvalue weighted by Crippen LogP contribution is -2.13. The Morgan fingerprint density at radius 2 is 2.00 bits per heavy atom. The zero-order valence-electron chi connectivity index (χ0n) is 11.2. The molecule has 4 heteroatoms. The molecule has 0 N–H and O–H groups in total. The lowest BCUT2D eigenvalue weighted by atomic mass is 10.0. The molecule has 0 aliphatic carbocycles. The van der Waals surface area contributed by atoms with Gasteiger partial charge in [-0.05, 0) is 31.4 Å². The molecule has 1 unspecified atom stereocenters. The van der Waals surface area contributed by atoms with Crippen molar-refractivity contribution in [3.05, 3.63) is 28.8 Å². The highest BCUT2D eigenvalue weighted by molar-refractivity contribution is 6.21. The molecular weight excluding hydrogens is 252 g/mol. The van der Waals surface area contributed by atoms with E-state index in [1.54, 1.807) is 7.11 Å². The number of halogens is 1. The van der Waals surface area contributed by atoms with Crippen molar-refractivity contribution in [2.24, 2.45) is 0 Å². The summed E-state index contributed by atoms with van der Waals surface area (Å²) in [4.78, 5) is 11.2. The van der Waals surface area contributed by atoms with Crippen molar-refractivity contribution in [1.29, 1.82) is 0 Å². The maximum absolute atomic E-state index is 11.2. The van der Waals surface area contributed by atoms with Crippen molar-refractivity contribution < 1.29 is 14.3 Å². The number of aryl methyl sites for hydroxylation is 2. The third-order valence-electron chi connectivity index (χ3n) is 2.76. The average Bonchev–Trinajstić information content (AvgIpc) is 2.28. The summed E-state index contributed by atoms with van der Waals surface area (Å²) in [6.07, 6.45) is 0.788. The van der Waals surface area contributed by atoms with Crippen LogP contribution in [0, 0.1) is 13.8 Å². The lowest BCUT2D eigenvalue weighted by Gasteiger charge is -2.15. The van der Waals surface area contributed by atoms with Gasteiger partial charge in [0.1, 0.15) is 5.75 Å². The van der Waals surface area contributed by atoms with Gasteiger partial charge in [0.15, 0.2) is 0 Å². The molecule has 0 aliphatic heterocycles. The normalized spacial score (nSPS) is 12.1. The molecule has 100 valence electrons. The Kier molecular flexibility index (Phi) is 5.48. The zero-order valence-corrected chi connectivity index (χ0v) is 12.0. The van der Waals surface area contributed by atoms with Crippen LogP contribution in [-0.2, 0) is 16.0 Å². The maximum Gasteiger partial charge on any atom is 0.307 e. The second-order valence-corrected chi connectivity index (χ2v) is 4.97. The summed E-state index contributed by atoms with van der Waals surface area (Å²) >= 11 is 6.17. The van der Waals surface area contributed by atoms with E-state index in [1.807, 2.05) is 19.9 Å². The molecule has 0 amide bonds. The van der Waals surface area contributed by atoms with Gasteiger partial charge < -0.3 is 9.47 Å². The van der Waals surface area contributed by atoms with Crippen molar-refractivity contribution in [3.8, 4) is 5.75 Å². The number of carbonyl (C=O) groups excluding carboxylic acids is 1. The van der Waals surface area contributed by atoms with Crippen LogP contribution in [0.4, 0.5) is 0 Å². The van der Waals surface area contributed by atoms with Crippen LogP contribution in [-0.4, -0.2) is 25.6 Å². The molecular formula is C14H19ClO3. The molecule has 1 aromatic carbocycles. The smallest absolute Gasteiger partial charge is 0.307 e. The number of hydrogen-bond acceptors (Lipinski definition) is 3. The van der Waals surface area contributed by atoms with Crippen molar-refractivity contribution in [1.82, 2.24) is 0 Å². The van der Waals surface area contributed by atoms with Crippen molar-refractivity contribution in [2.75, 3.05) is 14.2 Å². The highest BCUT2D eigenvalue weighted by Crippen LogP contribution is 2.27. The summed E-state index contributed by atoms with van der Waals surface area (Å²) < 4.78 is 10.00. The predicted molar refractivity (Wildman–Crippen MR) is 72.4 cm³/mol. The standard InChI is InChI=1S/C14H19ClO3/c1-9-5-10(2)14(18-4)11(6-9)7-12(15)8-13(16)17-3/h5-6,12H,7-8H2,1-4H3. The van der Waals surface area contributed by atoms with Crippen LogP contribution in [0.25, 0.3) is 0 Å². The lowest BCUT2D eigenvalue weighted by molar-refractivity contribution is -0.140. The average molecular weight is 271 g/mol. The summed E-state index contributed by atoms with van der Waals surface area (Å²) in [7, 11) is 3.01. The Labute approximate surface area is 113 Å². The second kappa shape index (κ2) is 6.64. The monoisotopic (exact) mass is 270 g/mol. The van der Waals surface area contributed by atoms with Gasteiger partial charge in [0.25, 0.3) is 0 Å². The fourth-order valence-corrected chi connectivity index (χ4v) is 2.35. The predicted octanol–water partition coefficient (Wildman–Crippen LogP) is 3.03. The van der Waals surface area contributed by atoms with Gasteiger partial charge in [-0.25, -0.2) is 0 Å². The van der Waals surface area contributed by atoms with Gasteiger partial charge in [0.2, 0.25) is 0 Å². The van der Waals surface area contributed by atoms with Gasteiger partial charge in [-0.3, -0.25) is 4.79 Å². The van der Waals surface area contributed by atoms with Gasteiger partial charge in [-0.1, -0.05) is 17.7 Å². The van der Waals surface area contributed by atoms with Crippen LogP contribution < -0.4 is 4.74 Å². The Balaban J connectivity index is 2.86. The molecule has 0 heterocycles. The first-order valence-corrected chi connectivity index (χ1v) is 6.26. The number of carbonyl (C=O) groups is 1. The molecule has 0 bridgehead atoms. The SMILES string of the molecule is COC(=O)CC(Cl)Cc1cc(C)cc(C)c1OC. The summed E-state index contributed by atoms with van der Waals surface area (Å²) in [5.41, 5.74) is 3.26. The van der Waals surface area contributed by atoms with Gasteiger partial charge in [0, 0.05) is 5.38 Å². The fourth-order valence-electron chi connectivity index (χ4n) is 2.06. The zero-order chi connectivity index (χ0) is 13.7. The molecule has 0 saturated carbocycles. The number of alkyl halides is 1. The van der Waals surface area contributed by atoms with Crippen LogP contribution in [0.2, 0.25) is 0 Å². The van der Waals surface area contributed by atoms with Crippen LogP contribution in [0.5, 0.6) is 5.75 Å². The maximum atomic E-state index is 11.2. The quantitative estimate of drug-likeness (QED) is 0.609. The number of methoxy groups -OCH3 is 2.